The van der Waals surface area contributed by atoms with Crippen LogP contribution in [0.4, 0.5) is 8.78 Å². The second kappa shape index (κ2) is 8.44. The Balaban J connectivity index is 1.72. The Labute approximate surface area is 170 Å². The molecule has 6 nitrogen and oxygen atoms in total. The average Bonchev–Trinajstić information content (AvgIpc) is 3.40. The number of para-hydroxylation sites is 1. The fraction of sp³-hybridized carbons (Fsp3) is 0.150. The molecular formula is C20H17F2N5OS. The molecule has 4 aromatic rings. The van der Waals surface area contributed by atoms with E-state index in [4.69, 9.17) is 4.74 Å². The first kappa shape index (κ1) is 19.1. The van der Waals surface area contributed by atoms with E-state index in [9.17, 15) is 8.78 Å². The highest BCUT2D eigenvalue weighted by molar-refractivity contribution is 7.98. The normalized spacial score (nSPS) is 11.2. The number of imidazole rings is 1. The van der Waals surface area contributed by atoms with Gasteiger partial charge in [-0.3, -0.25) is 9.13 Å². The van der Waals surface area contributed by atoms with Crippen LogP contribution in [0.25, 0.3) is 17.1 Å². The third-order valence-corrected chi connectivity index (χ3v) is 5.19. The summed E-state index contributed by atoms with van der Waals surface area (Å²) in [5, 5.41) is 9.25. The molecule has 0 atom stereocenters. The van der Waals surface area contributed by atoms with Crippen LogP contribution < -0.4 is 4.74 Å². The van der Waals surface area contributed by atoms with Gasteiger partial charge in [0, 0.05) is 23.6 Å². The zero-order chi connectivity index (χ0) is 20.2. The van der Waals surface area contributed by atoms with E-state index in [-0.39, 0.29) is 11.6 Å². The number of alkyl halides is 2. The van der Waals surface area contributed by atoms with Gasteiger partial charge in [0.2, 0.25) is 0 Å². The van der Waals surface area contributed by atoms with Gasteiger partial charge in [0.15, 0.2) is 11.0 Å². The van der Waals surface area contributed by atoms with Crippen LogP contribution in [0.2, 0.25) is 0 Å². The molecule has 0 saturated heterocycles. The Morgan fingerprint density at radius 1 is 1.07 bits per heavy atom. The minimum atomic E-state index is -2.63. The molecule has 148 valence electrons. The van der Waals surface area contributed by atoms with Gasteiger partial charge >= 0.3 is 6.55 Å². The lowest BCUT2D eigenvalue weighted by molar-refractivity contribution is 0.0678. The molecule has 0 aliphatic heterocycles. The van der Waals surface area contributed by atoms with Gasteiger partial charge in [-0.15, -0.1) is 10.2 Å². The zero-order valence-corrected chi connectivity index (χ0v) is 16.3. The molecular weight excluding hydrogens is 396 g/mol. The van der Waals surface area contributed by atoms with Crippen molar-refractivity contribution in [1.82, 2.24) is 24.3 Å². The van der Waals surface area contributed by atoms with E-state index in [1.165, 1.54) is 24.2 Å². The van der Waals surface area contributed by atoms with E-state index in [2.05, 4.69) is 15.2 Å². The number of hydrogen-bond donors (Lipinski definition) is 0. The molecule has 0 spiro atoms. The summed E-state index contributed by atoms with van der Waals surface area (Å²) in [7, 11) is 1.60. The first-order valence-electron chi connectivity index (χ1n) is 8.75. The molecule has 2 aromatic carbocycles. The first-order chi connectivity index (χ1) is 14.2. The second-order valence-corrected chi connectivity index (χ2v) is 6.97. The largest absolute Gasteiger partial charge is 0.497 e. The number of rotatable bonds is 7. The van der Waals surface area contributed by atoms with Crippen LogP contribution >= 0.6 is 11.8 Å². The topological polar surface area (TPSA) is 57.8 Å². The highest BCUT2D eigenvalue weighted by atomic mass is 32.2. The predicted octanol–water partition coefficient (Wildman–Crippen LogP) is 4.83. The quantitative estimate of drug-likeness (QED) is 0.406. The maximum absolute atomic E-state index is 13.1. The summed E-state index contributed by atoms with van der Waals surface area (Å²) in [6, 6.07) is 17.2. The maximum atomic E-state index is 13.1. The summed E-state index contributed by atoms with van der Waals surface area (Å²) in [6.45, 7) is -2.63. The van der Waals surface area contributed by atoms with Crippen molar-refractivity contribution in [2.75, 3.05) is 7.11 Å². The highest BCUT2D eigenvalue weighted by Gasteiger charge is 2.18. The number of hydrogen-bond acceptors (Lipinski definition) is 5. The van der Waals surface area contributed by atoms with E-state index in [0.717, 1.165) is 15.8 Å². The SMILES string of the molecule is COc1cccc(-c2nnc(SCc3nccn3C(F)F)n2-c2ccccc2)c1. The Bertz CT molecular complexity index is 1100. The van der Waals surface area contributed by atoms with Crippen molar-refractivity contribution in [2.24, 2.45) is 0 Å². The van der Waals surface area contributed by atoms with Crippen molar-refractivity contribution in [3.63, 3.8) is 0 Å². The van der Waals surface area contributed by atoms with Crippen molar-refractivity contribution in [2.45, 2.75) is 17.5 Å². The number of halogens is 2. The van der Waals surface area contributed by atoms with Gasteiger partial charge in [0.05, 0.1) is 12.9 Å². The standard InChI is InChI=1S/C20H17F2N5OS/c1-28-16-9-5-6-14(12-16)18-24-25-20(27(18)15-7-3-2-4-8-15)29-13-17-23-10-11-26(17)19(21)22/h2-12,19H,13H2,1H3. The summed E-state index contributed by atoms with van der Waals surface area (Å²) in [5.74, 6) is 1.85. The van der Waals surface area contributed by atoms with Gasteiger partial charge < -0.3 is 4.74 Å². The van der Waals surface area contributed by atoms with Crippen LogP contribution in [0.5, 0.6) is 5.75 Å². The molecule has 2 heterocycles. The first-order valence-corrected chi connectivity index (χ1v) is 9.74. The Morgan fingerprint density at radius 3 is 2.66 bits per heavy atom. The van der Waals surface area contributed by atoms with E-state index in [1.54, 1.807) is 7.11 Å². The fourth-order valence-corrected chi connectivity index (χ4v) is 3.79. The number of aromatic nitrogens is 5. The number of nitrogens with zero attached hydrogens (tertiary/aromatic N) is 5. The van der Waals surface area contributed by atoms with E-state index in [1.807, 2.05) is 59.2 Å². The summed E-state index contributed by atoms with van der Waals surface area (Å²) in [5.41, 5.74) is 1.71. The molecule has 29 heavy (non-hydrogen) atoms. The number of ether oxygens (including phenoxy) is 1. The molecule has 0 unspecified atom stereocenters. The number of thioether (sulfide) groups is 1. The van der Waals surface area contributed by atoms with E-state index >= 15 is 0 Å². The van der Waals surface area contributed by atoms with Crippen molar-refractivity contribution in [3.05, 3.63) is 72.8 Å². The molecule has 0 aliphatic carbocycles. The summed E-state index contributed by atoms with van der Waals surface area (Å²) < 4.78 is 34.3. The molecule has 0 amide bonds. The van der Waals surface area contributed by atoms with Crippen LogP contribution in [-0.2, 0) is 5.75 Å². The second-order valence-electron chi connectivity index (χ2n) is 6.03. The monoisotopic (exact) mass is 413 g/mol. The van der Waals surface area contributed by atoms with Crippen molar-refractivity contribution < 1.29 is 13.5 Å². The molecule has 0 bridgehead atoms. The van der Waals surface area contributed by atoms with Crippen LogP contribution in [0, 0.1) is 0 Å². The van der Waals surface area contributed by atoms with Crippen LogP contribution in [0.1, 0.15) is 12.4 Å². The zero-order valence-electron chi connectivity index (χ0n) is 15.4. The Morgan fingerprint density at radius 2 is 1.90 bits per heavy atom. The fourth-order valence-electron chi connectivity index (χ4n) is 2.88. The van der Waals surface area contributed by atoms with Gasteiger partial charge in [-0.1, -0.05) is 42.1 Å². The minimum absolute atomic E-state index is 0.237. The summed E-state index contributed by atoms with van der Waals surface area (Å²) >= 11 is 1.30. The molecule has 2 aromatic heterocycles. The van der Waals surface area contributed by atoms with Gasteiger partial charge in [-0.05, 0) is 24.3 Å². The van der Waals surface area contributed by atoms with Crippen molar-refractivity contribution in [3.8, 4) is 22.8 Å². The van der Waals surface area contributed by atoms with Crippen LogP contribution in [0.3, 0.4) is 0 Å². The lowest BCUT2D eigenvalue weighted by atomic mass is 10.2. The predicted molar refractivity (Wildman–Crippen MR) is 106 cm³/mol. The Hall–Kier alpha value is -3.20. The molecule has 0 N–H and O–H groups in total. The van der Waals surface area contributed by atoms with E-state index in [0.29, 0.717) is 16.7 Å². The number of methoxy groups -OCH3 is 1. The number of benzene rings is 2. The van der Waals surface area contributed by atoms with Crippen molar-refractivity contribution in [1.29, 1.82) is 0 Å². The lowest BCUT2D eigenvalue weighted by Gasteiger charge is -2.11. The molecule has 4 rings (SSSR count). The van der Waals surface area contributed by atoms with Gasteiger partial charge in [0.1, 0.15) is 11.6 Å². The molecule has 0 aliphatic rings. The van der Waals surface area contributed by atoms with Crippen molar-refractivity contribution >= 4 is 11.8 Å². The summed E-state index contributed by atoms with van der Waals surface area (Å²) in [4.78, 5) is 4.03. The van der Waals surface area contributed by atoms with Gasteiger partial charge in [0.25, 0.3) is 0 Å². The minimum Gasteiger partial charge on any atom is -0.497 e. The molecule has 9 heteroatoms. The van der Waals surface area contributed by atoms with Crippen LogP contribution in [-0.4, -0.2) is 31.4 Å². The maximum Gasteiger partial charge on any atom is 0.319 e. The third kappa shape index (κ3) is 4.00. The van der Waals surface area contributed by atoms with Crippen LogP contribution in [0.15, 0.2) is 72.1 Å². The van der Waals surface area contributed by atoms with Gasteiger partial charge in [-0.25, -0.2) is 4.98 Å². The summed E-state index contributed by atoms with van der Waals surface area (Å²) in [6.07, 6.45) is 2.63. The third-order valence-electron chi connectivity index (χ3n) is 4.27. The average molecular weight is 413 g/mol. The lowest BCUT2D eigenvalue weighted by Crippen LogP contribution is -2.03. The smallest absolute Gasteiger partial charge is 0.319 e. The highest BCUT2D eigenvalue weighted by Crippen LogP contribution is 2.31. The Kier molecular flexibility index (Phi) is 5.57. The molecule has 0 saturated carbocycles. The van der Waals surface area contributed by atoms with Gasteiger partial charge in [-0.2, -0.15) is 8.78 Å². The molecule has 0 radical (unpaired) electrons. The van der Waals surface area contributed by atoms with E-state index < -0.39 is 6.55 Å². The molecule has 0 fully saturated rings.